The van der Waals surface area contributed by atoms with Crippen LogP contribution in [-0.2, 0) is 6.42 Å². The van der Waals surface area contributed by atoms with E-state index in [1.807, 2.05) is 48.5 Å². The monoisotopic (exact) mass is 379 g/mol. The second-order valence-electron chi connectivity index (χ2n) is 6.40. The van der Waals surface area contributed by atoms with Gasteiger partial charge < -0.3 is 4.42 Å². The zero-order valence-electron chi connectivity index (χ0n) is 15.3. The standard InChI is InChI=1S/C23H22ClNO2/c1-2-3-5-10-19-15-21(18-8-6-4-7-9-18)27-23(26)22(19)25-16-17-11-13-20(24)14-12-17/h4,6-9,11-16H,2-3,5,10H2,1H3. The van der Waals surface area contributed by atoms with E-state index >= 15 is 0 Å². The summed E-state index contributed by atoms with van der Waals surface area (Å²) in [6.45, 7) is 2.16. The third-order valence-corrected chi connectivity index (χ3v) is 4.58. The Kier molecular flexibility index (Phi) is 6.61. The smallest absolute Gasteiger partial charge is 0.362 e. The number of halogens is 1. The Hall–Kier alpha value is -2.65. The van der Waals surface area contributed by atoms with E-state index in [-0.39, 0.29) is 0 Å². The molecular formula is C23H22ClNO2. The molecule has 0 aliphatic carbocycles. The highest BCUT2D eigenvalue weighted by Gasteiger charge is 2.12. The molecule has 0 fully saturated rings. The molecule has 0 saturated heterocycles. The molecule has 0 N–H and O–H groups in total. The molecule has 0 spiro atoms. The van der Waals surface area contributed by atoms with Gasteiger partial charge in [-0.3, -0.25) is 0 Å². The fourth-order valence-electron chi connectivity index (χ4n) is 2.86. The zero-order chi connectivity index (χ0) is 19.1. The van der Waals surface area contributed by atoms with E-state index in [4.69, 9.17) is 16.0 Å². The lowest BCUT2D eigenvalue weighted by Crippen LogP contribution is -2.04. The van der Waals surface area contributed by atoms with Crippen LogP contribution in [0.3, 0.4) is 0 Å². The molecule has 1 aromatic heterocycles. The van der Waals surface area contributed by atoms with Gasteiger partial charge in [0.15, 0.2) is 5.69 Å². The molecule has 0 aliphatic rings. The highest BCUT2D eigenvalue weighted by Crippen LogP contribution is 2.25. The van der Waals surface area contributed by atoms with E-state index < -0.39 is 5.63 Å². The van der Waals surface area contributed by atoms with Gasteiger partial charge in [-0.2, -0.15) is 0 Å². The topological polar surface area (TPSA) is 42.6 Å². The Morgan fingerprint density at radius 2 is 1.78 bits per heavy atom. The third-order valence-electron chi connectivity index (χ3n) is 4.33. The fraction of sp³-hybridized carbons (Fsp3) is 0.217. The first-order chi connectivity index (χ1) is 13.2. The number of nitrogens with zero attached hydrogens (tertiary/aromatic N) is 1. The Morgan fingerprint density at radius 1 is 1.04 bits per heavy atom. The van der Waals surface area contributed by atoms with E-state index in [9.17, 15) is 4.79 Å². The van der Waals surface area contributed by atoms with Crippen molar-refractivity contribution in [1.82, 2.24) is 0 Å². The Labute approximate surface area is 164 Å². The number of unbranched alkanes of at least 4 members (excludes halogenated alkanes) is 2. The predicted octanol–water partition coefficient (Wildman–Crippen LogP) is 6.44. The van der Waals surface area contributed by atoms with Gasteiger partial charge in [-0.05, 0) is 42.2 Å². The van der Waals surface area contributed by atoms with Crippen LogP contribution < -0.4 is 5.63 Å². The minimum Gasteiger partial charge on any atom is -0.421 e. The van der Waals surface area contributed by atoms with Gasteiger partial charge in [0.25, 0.3) is 0 Å². The number of aryl methyl sites for hydroxylation is 1. The van der Waals surface area contributed by atoms with Crippen LogP contribution in [0.1, 0.15) is 37.3 Å². The highest BCUT2D eigenvalue weighted by molar-refractivity contribution is 6.30. The molecule has 27 heavy (non-hydrogen) atoms. The van der Waals surface area contributed by atoms with Gasteiger partial charge in [0.2, 0.25) is 0 Å². The second-order valence-corrected chi connectivity index (χ2v) is 6.84. The van der Waals surface area contributed by atoms with Gasteiger partial charge in [0.1, 0.15) is 5.76 Å². The van der Waals surface area contributed by atoms with Gasteiger partial charge >= 0.3 is 5.63 Å². The molecule has 0 saturated carbocycles. The number of rotatable bonds is 7. The SMILES string of the molecule is CCCCCc1cc(-c2ccccc2)oc(=O)c1N=Cc1ccc(Cl)cc1. The van der Waals surface area contributed by atoms with Crippen molar-refractivity contribution in [2.45, 2.75) is 32.6 Å². The molecule has 0 aliphatic heterocycles. The van der Waals surface area contributed by atoms with Crippen molar-refractivity contribution in [2.24, 2.45) is 4.99 Å². The molecule has 0 amide bonds. The van der Waals surface area contributed by atoms with Gasteiger partial charge in [-0.15, -0.1) is 0 Å². The summed E-state index contributed by atoms with van der Waals surface area (Å²) in [5.41, 5.74) is 2.66. The van der Waals surface area contributed by atoms with E-state index in [2.05, 4.69) is 11.9 Å². The molecule has 4 heteroatoms. The molecule has 0 atom stereocenters. The van der Waals surface area contributed by atoms with Crippen LogP contribution in [-0.4, -0.2) is 6.21 Å². The Bertz CT molecular complexity index is 960. The van der Waals surface area contributed by atoms with Gasteiger partial charge in [0.05, 0.1) is 0 Å². The summed E-state index contributed by atoms with van der Waals surface area (Å²) >= 11 is 5.92. The van der Waals surface area contributed by atoms with E-state index in [1.165, 1.54) is 0 Å². The first kappa shape index (κ1) is 19.1. The molecular weight excluding hydrogens is 358 g/mol. The van der Waals surface area contributed by atoms with Crippen molar-refractivity contribution in [1.29, 1.82) is 0 Å². The molecule has 1 heterocycles. The lowest BCUT2D eigenvalue weighted by molar-refractivity contribution is 0.524. The molecule has 0 bridgehead atoms. The first-order valence-corrected chi connectivity index (χ1v) is 9.57. The fourth-order valence-corrected chi connectivity index (χ4v) is 2.99. The summed E-state index contributed by atoms with van der Waals surface area (Å²) in [7, 11) is 0. The molecule has 2 aromatic carbocycles. The van der Waals surface area contributed by atoms with Gasteiger partial charge in [0, 0.05) is 16.8 Å². The van der Waals surface area contributed by atoms with Crippen molar-refractivity contribution >= 4 is 23.5 Å². The Morgan fingerprint density at radius 3 is 2.48 bits per heavy atom. The van der Waals surface area contributed by atoms with Crippen molar-refractivity contribution < 1.29 is 4.42 Å². The number of hydrogen-bond donors (Lipinski definition) is 0. The summed E-state index contributed by atoms with van der Waals surface area (Å²) < 4.78 is 5.56. The molecule has 0 radical (unpaired) electrons. The summed E-state index contributed by atoms with van der Waals surface area (Å²) in [6.07, 6.45) is 5.72. The minimum absolute atomic E-state index is 0.376. The summed E-state index contributed by atoms with van der Waals surface area (Å²) in [5, 5.41) is 0.666. The maximum absolute atomic E-state index is 12.6. The quantitative estimate of drug-likeness (QED) is 0.350. The lowest BCUT2D eigenvalue weighted by atomic mass is 10.0. The normalized spacial score (nSPS) is 11.2. The van der Waals surface area contributed by atoms with Crippen LogP contribution in [0.15, 0.2) is 74.9 Å². The zero-order valence-corrected chi connectivity index (χ0v) is 16.1. The average molecular weight is 380 g/mol. The van der Waals surface area contributed by atoms with Crippen molar-refractivity contribution in [3.8, 4) is 11.3 Å². The van der Waals surface area contributed by atoms with Crippen LogP contribution in [0.2, 0.25) is 5.02 Å². The summed E-state index contributed by atoms with van der Waals surface area (Å²) in [5.74, 6) is 0.581. The molecule has 0 unspecified atom stereocenters. The third kappa shape index (κ3) is 5.18. The van der Waals surface area contributed by atoms with E-state index in [0.717, 1.165) is 42.4 Å². The Balaban J connectivity index is 1.98. The maximum Gasteiger partial charge on any atom is 0.362 e. The summed E-state index contributed by atoms with van der Waals surface area (Å²) in [6, 6.07) is 18.9. The van der Waals surface area contributed by atoms with Crippen molar-refractivity contribution in [2.75, 3.05) is 0 Å². The minimum atomic E-state index is -0.409. The van der Waals surface area contributed by atoms with Crippen LogP contribution >= 0.6 is 11.6 Å². The van der Waals surface area contributed by atoms with Crippen LogP contribution in [0, 0.1) is 0 Å². The maximum atomic E-state index is 12.6. The number of aliphatic imine (C=N–C) groups is 1. The molecule has 3 nitrogen and oxygen atoms in total. The first-order valence-electron chi connectivity index (χ1n) is 9.19. The lowest BCUT2D eigenvalue weighted by Gasteiger charge is -2.07. The van der Waals surface area contributed by atoms with E-state index in [1.54, 1.807) is 18.3 Å². The number of hydrogen-bond acceptors (Lipinski definition) is 3. The van der Waals surface area contributed by atoms with E-state index in [0.29, 0.717) is 16.5 Å². The van der Waals surface area contributed by atoms with Crippen LogP contribution in [0.5, 0.6) is 0 Å². The summed E-state index contributed by atoms with van der Waals surface area (Å²) in [4.78, 5) is 17.1. The largest absolute Gasteiger partial charge is 0.421 e. The van der Waals surface area contributed by atoms with Gasteiger partial charge in [-0.25, -0.2) is 9.79 Å². The van der Waals surface area contributed by atoms with Gasteiger partial charge in [-0.1, -0.05) is 73.8 Å². The molecule has 3 rings (SSSR count). The van der Waals surface area contributed by atoms with Crippen LogP contribution in [0.25, 0.3) is 11.3 Å². The van der Waals surface area contributed by atoms with Crippen molar-refractivity contribution in [3.05, 3.63) is 87.2 Å². The second kappa shape index (κ2) is 9.33. The average Bonchev–Trinajstić information content (AvgIpc) is 2.69. The van der Waals surface area contributed by atoms with Crippen LogP contribution in [0.4, 0.5) is 5.69 Å². The highest BCUT2D eigenvalue weighted by atomic mass is 35.5. The number of benzene rings is 2. The molecule has 3 aromatic rings. The molecule has 138 valence electrons. The van der Waals surface area contributed by atoms with Crippen molar-refractivity contribution in [3.63, 3.8) is 0 Å². The predicted molar refractivity (Wildman–Crippen MR) is 112 cm³/mol.